The standard InChI is InChI=1S/C16H19NO3/c1-10(2)9-19-15-6-13(8-18)5-14(7-15)16-11(3)17-20-12(16)4/h5-8,10H,9H2,1-4H3. The van der Waals surface area contributed by atoms with E-state index in [1.807, 2.05) is 26.0 Å². The summed E-state index contributed by atoms with van der Waals surface area (Å²) in [5, 5.41) is 3.95. The molecule has 4 nitrogen and oxygen atoms in total. The van der Waals surface area contributed by atoms with E-state index in [0.29, 0.717) is 23.8 Å². The average molecular weight is 273 g/mol. The van der Waals surface area contributed by atoms with Crippen molar-refractivity contribution in [1.82, 2.24) is 5.16 Å². The number of ether oxygens (including phenoxy) is 1. The zero-order valence-corrected chi connectivity index (χ0v) is 12.3. The average Bonchev–Trinajstić information content (AvgIpc) is 2.75. The molecule has 1 aromatic heterocycles. The number of aldehydes is 1. The van der Waals surface area contributed by atoms with Crippen LogP contribution in [0.5, 0.6) is 5.75 Å². The highest BCUT2D eigenvalue weighted by Crippen LogP contribution is 2.30. The molecule has 2 rings (SSSR count). The van der Waals surface area contributed by atoms with Gasteiger partial charge in [-0.25, -0.2) is 0 Å². The molecule has 4 heteroatoms. The molecule has 0 aliphatic rings. The molecular formula is C16H19NO3. The van der Waals surface area contributed by atoms with Crippen molar-refractivity contribution in [2.75, 3.05) is 6.61 Å². The predicted molar refractivity (Wildman–Crippen MR) is 77.1 cm³/mol. The molecule has 0 amide bonds. The van der Waals surface area contributed by atoms with Crippen LogP contribution in [-0.4, -0.2) is 18.0 Å². The molecule has 0 fully saturated rings. The Bertz CT molecular complexity index is 595. The van der Waals surface area contributed by atoms with Crippen LogP contribution in [0.15, 0.2) is 22.7 Å². The number of hydrogen-bond acceptors (Lipinski definition) is 4. The van der Waals surface area contributed by atoms with Crippen molar-refractivity contribution in [3.05, 3.63) is 35.2 Å². The molecule has 0 N–H and O–H groups in total. The van der Waals surface area contributed by atoms with Crippen LogP contribution in [-0.2, 0) is 0 Å². The van der Waals surface area contributed by atoms with Gasteiger partial charge in [-0.3, -0.25) is 4.79 Å². The van der Waals surface area contributed by atoms with Gasteiger partial charge in [0.15, 0.2) is 0 Å². The Morgan fingerprint density at radius 2 is 2.05 bits per heavy atom. The Labute approximate surface area is 118 Å². The molecule has 0 unspecified atom stereocenters. The van der Waals surface area contributed by atoms with Crippen LogP contribution < -0.4 is 4.74 Å². The Morgan fingerprint density at radius 1 is 1.30 bits per heavy atom. The van der Waals surface area contributed by atoms with E-state index < -0.39 is 0 Å². The van der Waals surface area contributed by atoms with E-state index in [0.717, 1.165) is 28.9 Å². The SMILES string of the molecule is Cc1noc(C)c1-c1cc(C=O)cc(OCC(C)C)c1. The van der Waals surface area contributed by atoms with Crippen LogP contribution in [0.1, 0.15) is 35.7 Å². The molecule has 0 bridgehead atoms. The van der Waals surface area contributed by atoms with E-state index in [2.05, 4.69) is 19.0 Å². The predicted octanol–water partition coefficient (Wildman–Crippen LogP) is 3.81. The number of aromatic nitrogens is 1. The van der Waals surface area contributed by atoms with Crippen LogP contribution >= 0.6 is 0 Å². The maximum absolute atomic E-state index is 11.1. The number of nitrogens with zero attached hydrogens (tertiary/aromatic N) is 1. The van der Waals surface area contributed by atoms with Crippen LogP contribution in [0.3, 0.4) is 0 Å². The molecule has 0 radical (unpaired) electrons. The van der Waals surface area contributed by atoms with E-state index in [1.54, 1.807) is 6.07 Å². The van der Waals surface area contributed by atoms with Crippen molar-refractivity contribution in [2.24, 2.45) is 5.92 Å². The number of rotatable bonds is 5. The lowest BCUT2D eigenvalue weighted by atomic mass is 10.0. The summed E-state index contributed by atoms with van der Waals surface area (Å²) in [6.45, 7) is 8.52. The Balaban J connectivity index is 2.43. The molecule has 106 valence electrons. The number of benzene rings is 1. The third-order valence-electron chi connectivity index (χ3n) is 2.97. The summed E-state index contributed by atoms with van der Waals surface area (Å²) < 4.78 is 10.9. The smallest absolute Gasteiger partial charge is 0.150 e. The summed E-state index contributed by atoms with van der Waals surface area (Å²) >= 11 is 0. The fourth-order valence-electron chi connectivity index (χ4n) is 2.08. The van der Waals surface area contributed by atoms with Gasteiger partial charge in [0.2, 0.25) is 0 Å². The Morgan fingerprint density at radius 3 is 2.60 bits per heavy atom. The molecule has 1 heterocycles. The minimum absolute atomic E-state index is 0.428. The fraction of sp³-hybridized carbons (Fsp3) is 0.375. The van der Waals surface area contributed by atoms with Gasteiger partial charge < -0.3 is 9.26 Å². The molecule has 0 aliphatic carbocycles. The molecule has 0 atom stereocenters. The first kappa shape index (κ1) is 14.3. The van der Waals surface area contributed by atoms with Gasteiger partial charge in [-0.2, -0.15) is 0 Å². The zero-order valence-electron chi connectivity index (χ0n) is 12.3. The van der Waals surface area contributed by atoms with Crippen molar-refractivity contribution < 1.29 is 14.1 Å². The van der Waals surface area contributed by atoms with Gasteiger partial charge in [0.25, 0.3) is 0 Å². The maximum atomic E-state index is 11.1. The van der Waals surface area contributed by atoms with Gasteiger partial charge in [-0.1, -0.05) is 19.0 Å². The minimum Gasteiger partial charge on any atom is -0.493 e. The van der Waals surface area contributed by atoms with E-state index in [4.69, 9.17) is 9.26 Å². The van der Waals surface area contributed by atoms with Crippen molar-refractivity contribution in [3.8, 4) is 16.9 Å². The first-order valence-corrected chi connectivity index (χ1v) is 6.67. The van der Waals surface area contributed by atoms with Gasteiger partial charge >= 0.3 is 0 Å². The van der Waals surface area contributed by atoms with Gasteiger partial charge in [0.05, 0.1) is 12.3 Å². The lowest BCUT2D eigenvalue weighted by molar-refractivity contribution is 0.112. The molecular weight excluding hydrogens is 254 g/mol. The second-order valence-corrected chi connectivity index (χ2v) is 5.31. The van der Waals surface area contributed by atoms with E-state index >= 15 is 0 Å². The monoisotopic (exact) mass is 273 g/mol. The summed E-state index contributed by atoms with van der Waals surface area (Å²) in [6.07, 6.45) is 0.823. The van der Waals surface area contributed by atoms with Gasteiger partial charge in [-0.05, 0) is 43.5 Å². The second-order valence-electron chi connectivity index (χ2n) is 5.31. The van der Waals surface area contributed by atoms with E-state index in [-0.39, 0.29) is 0 Å². The molecule has 0 spiro atoms. The van der Waals surface area contributed by atoms with Crippen molar-refractivity contribution in [2.45, 2.75) is 27.7 Å². The lowest BCUT2D eigenvalue weighted by Crippen LogP contribution is -2.05. The Hall–Kier alpha value is -2.10. The summed E-state index contributed by atoms with van der Waals surface area (Å²) in [6, 6.07) is 5.49. The van der Waals surface area contributed by atoms with Crippen LogP contribution in [0.4, 0.5) is 0 Å². The highest BCUT2D eigenvalue weighted by atomic mass is 16.5. The van der Waals surface area contributed by atoms with Crippen LogP contribution in [0, 0.1) is 19.8 Å². The molecule has 20 heavy (non-hydrogen) atoms. The third kappa shape index (κ3) is 3.07. The minimum atomic E-state index is 0.428. The topological polar surface area (TPSA) is 52.3 Å². The van der Waals surface area contributed by atoms with Gasteiger partial charge in [-0.15, -0.1) is 0 Å². The van der Waals surface area contributed by atoms with Crippen LogP contribution in [0.2, 0.25) is 0 Å². The zero-order chi connectivity index (χ0) is 14.7. The maximum Gasteiger partial charge on any atom is 0.150 e. The molecule has 0 saturated heterocycles. The first-order chi connectivity index (χ1) is 9.51. The van der Waals surface area contributed by atoms with Crippen molar-refractivity contribution in [3.63, 3.8) is 0 Å². The van der Waals surface area contributed by atoms with Gasteiger partial charge in [0, 0.05) is 11.1 Å². The van der Waals surface area contributed by atoms with Crippen molar-refractivity contribution in [1.29, 1.82) is 0 Å². The quantitative estimate of drug-likeness (QED) is 0.777. The molecule has 2 aromatic rings. The number of carbonyl (C=O) groups excluding carboxylic acids is 1. The second kappa shape index (κ2) is 5.90. The summed E-state index contributed by atoms with van der Waals surface area (Å²) in [7, 11) is 0. The normalized spacial score (nSPS) is 10.8. The largest absolute Gasteiger partial charge is 0.493 e. The molecule has 0 aliphatic heterocycles. The number of aryl methyl sites for hydroxylation is 2. The lowest BCUT2D eigenvalue weighted by Gasteiger charge is -2.11. The van der Waals surface area contributed by atoms with Crippen molar-refractivity contribution >= 4 is 6.29 Å². The van der Waals surface area contributed by atoms with Crippen LogP contribution in [0.25, 0.3) is 11.1 Å². The van der Waals surface area contributed by atoms with E-state index in [1.165, 1.54) is 0 Å². The highest BCUT2D eigenvalue weighted by Gasteiger charge is 2.13. The first-order valence-electron chi connectivity index (χ1n) is 6.67. The summed E-state index contributed by atoms with van der Waals surface area (Å²) in [5.74, 6) is 1.86. The highest BCUT2D eigenvalue weighted by molar-refractivity contribution is 5.81. The van der Waals surface area contributed by atoms with Gasteiger partial charge in [0.1, 0.15) is 17.8 Å². The molecule has 1 aromatic carbocycles. The number of hydrogen-bond donors (Lipinski definition) is 0. The summed E-state index contributed by atoms with van der Waals surface area (Å²) in [4.78, 5) is 11.1. The molecule has 0 saturated carbocycles. The summed E-state index contributed by atoms with van der Waals surface area (Å²) in [5.41, 5.74) is 3.20. The Kier molecular flexibility index (Phi) is 4.23. The van der Waals surface area contributed by atoms with E-state index in [9.17, 15) is 4.79 Å². The third-order valence-corrected chi connectivity index (χ3v) is 2.97. The fourth-order valence-corrected chi connectivity index (χ4v) is 2.08. The number of carbonyl (C=O) groups is 1.